The number of aryl methyl sites for hydroxylation is 1. The largest absolute Gasteiger partial charge is 0.349 e. The second-order valence-corrected chi connectivity index (χ2v) is 11.2. The van der Waals surface area contributed by atoms with Gasteiger partial charge in [-0.05, 0) is 53.1 Å². The maximum Gasteiger partial charge on any atom is 0.349 e. The van der Waals surface area contributed by atoms with Gasteiger partial charge in [-0.1, -0.05) is 72.3 Å². The van der Waals surface area contributed by atoms with Crippen molar-refractivity contribution in [3.63, 3.8) is 0 Å². The minimum atomic E-state index is -4.09. The number of benzene rings is 4. The minimum absolute atomic E-state index is 0.0600. The van der Waals surface area contributed by atoms with Crippen molar-refractivity contribution in [1.82, 2.24) is 14.8 Å². The Labute approximate surface area is 217 Å². The zero-order valence-electron chi connectivity index (χ0n) is 19.1. The summed E-state index contributed by atoms with van der Waals surface area (Å²) in [5.41, 5.74) is 1.65. The van der Waals surface area contributed by atoms with Gasteiger partial charge in [0.2, 0.25) is 5.95 Å². The van der Waals surface area contributed by atoms with Gasteiger partial charge in [0.1, 0.15) is 4.90 Å². The van der Waals surface area contributed by atoms with Crippen LogP contribution in [0.4, 0.5) is 5.95 Å². The number of rotatable bonds is 7. The van der Waals surface area contributed by atoms with Crippen LogP contribution in [-0.2, 0) is 15.8 Å². The summed E-state index contributed by atoms with van der Waals surface area (Å²) in [5, 5.41) is 6.81. The number of sulfonamides is 1. The predicted molar refractivity (Wildman–Crippen MR) is 145 cm³/mol. The second-order valence-electron chi connectivity index (χ2n) is 8.11. The number of thioether (sulfide) groups is 1. The molecule has 0 amide bonds. The van der Waals surface area contributed by atoms with Crippen LogP contribution in [-0.4, -0.2) is 23.2 Å². The van der Waals surface area contributed by atoms with Crippen molar-refractivity contribution in [1.29, 1.82) is 0 Å². The summed E-state index contributed by atoms with van der Waals surface area (Å²) in [7, 11) is -4.09. The molecule has 2 N–H and O–H groups in total. The molecule has 0 radical (unpaired) electrons. The molecular weight excluding hydrogens is 516 g/mol. The molecule has 0 bridgehead atoms. The Hall–Kier alpha value is -3.53. The van der Waals surface area contributed by atoms with Gasteiger partial charge in [0, 0.05) is 15.7 Å². The van der Waals surface area contributed by atoms with Gasteiger partial charge < -0.3 is 0 Å². The van der Waals surface area contributed by atoms with Crippen molar-refractivity contribution in [3.05, 3.63) is 112 Å². The van der Waals surface area contributed by atoms with Crippen LogP contribution in [0.1, 0.15) is 11.1 Å². The summed E-state index contributed by atoms with van der Waals surface area (Å²) in [4.78, 5) is 15.4. The number of hydrogen-bond acceptors (Lipinski definition) is 5. The lowest BCUT2D eigenvalue weighted by molar-refractivity contribution is 0.598. The molecule has 4 aromatic carbocycles. The van der Waals surface area contributed by atoms with Gasteiger partial charge in [-0.2, -0.15) is 4.68 Å². The Balaban J connectivity index is 1.47. The van der Waals surface area contributed by atoms with Gasteiger partial charge in [-0.3, -0.25) is 4.98 Å². The molecule has 0 aliphatic heterocycles. The van der Waals surface area contributed by atoms with Gasteiger partial charge in [0.05, 0.1) is 5.69 Å². The van der Waals surface area contributed by atoms with Crippen LogP contribution in [0.25, 0.3) is 16.5 Å². The van der Waals surface area contributed by atoms with E-state index in [0.717, 1.165) is 21.0 Å². The third-order valence-electron chi connectivity index (χ3n) is 5.63. The van der Waals surface area contributed by atoms with E-state index in [1.807, 2.05) is 48.5 Å². The number of H-pyrrole nitrogens is 1. The molecule has 10 heteroatoms. The first-order valence-corrected chi connectivity index (χ1v) is 13.8. The van der Waals surface area contributed by atoms with Crippen molar-refractivity contribution in [3.8, 4) is 5.69 Å². The van der Waals surface area contributed by atoms with E-state index in [2.05, 4.69) is 14.8 Å². The van der Waals surface area contributed by atoms with Crippen molar-refractivity contribution < 1.29 is 8.42 Å². The molecule has 7 nitrogen and oxygen atoms in total. The molecule has 0 fully saturated rings. The lowest BCUT2D eigenvalue weighted by Crippen LogP contribution is -2.16. The van der Waals surface area contributed by atoms with Crippen molar-refractivity contribution in [2.24, 2.45) is 0 Å². The summed E-state index contributed by atoms with van der Waals surface area (Å²) in [6.45, 7) is 1.74. The van der Waals surface area contributed by atoms with E-state index in [9.17, 15) is 13.2 Å². The van der Waals surface area contributed by atoms with Crippen molar-refractivity contribution in [2.75, 3.05) is 4.72 Å². The summed E-state index contributed by atoms with van der Waals surface area (Å²) < 4.78 is 30.4. The Morgan fingerprint density at radius 1 is 1.00 bits per heavy atom. The van der Waals surface area contributed by atoms with Crippen LogP contribution in [0.5, 0.6) is 0 Å². The summed E-state index contributed by atoms with van der Waals surface area (Å²) in [6.07, 6.45) is 0. The first-order valence-electron chi connectivity index (χ1n) is 11.0. The Morgan fingerprint density at radius 2 is 1.72 bits per heavy atom. The van der Waals surface area contributed by atoms with E-state index in [0.29, 0.717) is 26.9 Å². The first-order chi connectivity index (χ1) is 17.3. The molecule has 0 aliphatic carbocycles. The van der Waals surface area contributed by atoms with Crippen LogP contribution in [0, 0.1) is 6.92 Å². The monoisotopic (exact) mass is 536 g/mol. The molecule has 1 heterocycles. The van der Waals surface area contributed by atoms with Gasteiger partial charge in [-0.15, -0.1) is 16.9 Å². The van der Waals surface area contributed by atoms with Crippen LogP contribution in [0.3, 0.4) is 0 Å². The molecule has 36 heavy (non-hydrogen) atoms. The molecule has 5 rings (SSSR count). The number of fused-ring (bicyclic) bond motifs is 1. The Bertz CT molecular complexity index is 1730. The molecule has 0 unspecified atom stereocenters. The lowest BCUT2D eigenvalue weighted by atomic mass is 10.1. The van der Waals surface area contributed by atoms with E-state index in [1.165, 1.54) is 17.8 Å². The molecule has 182 valence electrons. The van der Waals surface area contributed by atoms with Gasteiger partial charge in [0.15, 0.2) is 0 Å². The zero-order valence-corrected chi connectivity index (χ0v) is 21.5. The lowest BCUT2D eigenvalue weighted by Gasteiger charge is -2.13. The first kappa shape index (κ1) is 24.2. The zero-order chi connectivity index (χ0) is 25.3. The summed E-state index contributed by atoms with van der Waals surface area (Å²) in [5.74, 6) is 0.365. The number of aromatic amines is 1. The molecule has 0 saturated heterocycles. The second kappa shape index (κ2) is 9.85. The number of hydrogen-bond donors (Lipinski definition) is 2. The molecule has 0 atom stereocenters. The molecule has 5 aromatic rings. The standard InChI is InChI=1S/C26H21ClN4O3S2/c1-17-14-24(36(33,34)30-25-28-26(32)31(29-25)20-11-3-2-4-12-20)23(15-22(17)27)35-16-19-10-7-9-18-8-5-6-13-21(18)19/h2-15H,16H2,1H3,(H2,28,29,30,32). The molecule has 0 saturated carbocycles. The molecule has 0 aliphatic rings. The Morgan fingerprint density at radius 3 is 2.53 bits per heavy atom. The highest BCUT2D eigenvalue weighted by Crippen LogP contribution is 2.35. The fraction of sp³-hybridized carbons (Fsp3) is 0.0769. The van der Waals surface area contributed by atoms with Crippen molar-refractivity contribution >= 4 is 50.1 Å². The van der Waals surface area contributed by atoms with E-state index in [1.54, 1.807) is 37.3 Å². The number of anilines is 1. The van der Waals surface area contributed by atoms with Crippen LogP contribution in [0.15, 0.2) is 99.5 Å². The van der Waals surface area contributed by atoms with E-state index in [4.69, 9.17) is 11.6 Å². The quantitative estimate of drug-likeness (QED) is 0.257. The van der Waals surface area contributed by atoms with Crippen molar-refractivity contribution in [2.45, 2.75) is 22.5 Å². The number of nitrogens with zero attached hydrogens (tertiary/aromatic N) is 2. The summed E-state index contributed by atoms with van der Waals surface area (Å²) >= 11 is 7.75. The van der Waals surface area contributed by atoms with E-state index in [-0.39, 0.29) is 10.8 Å². The van der Waals surface area contributed by atoms with Gasteiger partial charge in [0.25, 0.3) is 10.0 Å². The third kappa shape index (κ3) is 4.90. The maximum atomic E-state index is 13.4. The molecule has 1 aromatic heterocycles. The third-order valence-corrected chi connectivity index (χ3v) is 8.65. The smallest absolute Gasteiger partial charge is 0.274 e. The molecule has 0 spiro atoms. The fourth-order valence-corrected chi connectivity index (χ4v) is 6.64. The average Bonchev–Trinajstić information content (AvgIpc) is 3.24. The maximum absolute atomic E-state index is 13.4. The highest BCUT2D eigenvalue weighted by atomic mass is 35.5. The SMILES string of the molecule is Cc1cc(S(=O)(=O)Nc2nn(-c3ccccc3)c(=O)[nH]2)c(SCc2cccc3ccccc23)cc1Cl. The van der Waals surface area contributed by atoms with E-state index < -0.39 is 15.7 Å². The predicted octanol–water partition coefficient (Wildman–Crippen LogP) is 5.77. The highest BCUT2D eigenvalue weighted by molar-refractivity contribution is 7.99. The topological polar surface area (TPSA) is 96.8 Å². The normalized spacial score (nSPS) is 11.6. The Kier molecular flexibility index (Phi) is 6.61. The average molecular weight is 537 g/mol. The van der Waals surface area contributed by atoms with Crippen LogP contribution >= 0.6 is 23.4 Å². The number of nitrogens with one attached hydrogen (secondary N) is 2. The molecular formula is C26H21ClN4O3S2. The van der Waals surface area contributed by atoms with Crippen LogP contribution in [0.2, 0.25) is 5.02 Å². The minimum Gasteiger partial charge on any atom is -0.274 e. The van der Waals surface area contributed by atoms with E-state index >= 15 is 0 Å². The van der Waals surface area contributed by atoms with Crippen LogP contribution < -0.4 is 10.4 Å². The number of aromatic nitrogens is 3. The fourth-order valence-electron chi connectivity index (χ4n) is 3.83. The van der Waals surface area contributed by atoms with Gasteiger partial charge in [-0.25, -0.2) is 17.9 Å². The number of halogens is 1. The highest BCUT2D eigenvalue weighted by Gasteiger charge is 2.23. The number of para-hydroxylation sites is 1. The van der Waals surface area contributed by atoms with Gasteiger partial charge >= 0.3 is 5.69 Å². The summed E-state index contributed by atoms with van der Waals surface area (Å²) in [6, 6.07) is 26.0.